The van der Waals surface area contributed by atoms with Crippen molar-refractivity contribution in [3.8, 4) is 5.75 Å². The summed E-state index contributed by atoms with van der Waals surface area (Å²) in [6, 6.07) is 2.97. The van der Waals surface area contributed by atoms with E-state index in [1.54, 1.807) is 6.92 Å². The molecule has 0 amide bonds. The van der Waals surface area contributed by atoms with Crippen molar-refractivity contribution in [3.63, 3.8) is 0 Å². The van der Waals surface area contributed by atoms with Gasteiger partial charge in [-0.15, -0.1) is 0 Å². The number of ether oxygens (including phenoxy) is 1. The largest absolute Gasteiger partial charge is 0.479 e. The Morgan fingerprint density at radius 1 is 1.56 bits per heavy atom. The summed E-state index contributed by atoms with van der Waals surface area (Å²) in [7, 11) is 0. The van der Waals surface area contributed by atoms with Gasteiger partial charge in [-0.3, -0.25) is 14.9 Å². The number of Topliss-reactive ketones (excluding diaryl/α,β-unsaturated/α-hetero) is 1. The topological polar surface area (TPSA) is 69.4 Å². The van der Waals surface area contributed by atoms with Crippen molar-refractivity contribution in [1.29, 1.82) is 0 Å². The van der Waals surface area contributed by atoms with Crippen LogP contribution in [0.3, 0.4) is 0 Å². The lowest BCUT2D eigenvalue weighted by atomic mass is 10.0. The summed E-state index contributed by atoms with van der Waals surface area (Å²) >= 11 is 0. The van der Waals surface area contributed by atoms with Crippen LogP contribution in [-0.4, -0.2) is 17.3 Å². The average molecular weight is 255 g/mol. The molecule has 1 atom stereocenters. The first kappa shape index (κ1) is 14.1. The Balaban J connectivity index is 2.79. The molecule has 1 unspecified atom stereocenters. The highest BCUT2D eigenvalue weighted by atomic mass is 19.1. The van der Waals surface area contributed by atoms with Gasteiger partial charge in [0, 0.05) is 5.92 Å². The van der Waals surface area contributed by atoms with Crippen LogP contribution in [-0.2, 0) is 4.79 Å². The van der Waals surface area contributed by atoms with Crippen molar-refractivity contribution in [2.75, 3.05) is 6.61 Å². The van der Waals surface area contributed by atoms with Crippen LogP contribution in [0.2, 0.25) is 0 Å². The third-order valence-corrected chi connectivity index (χ3v) is 2.65. The number of carbonyl (C=O) groups is 1. The van der Waals surface area contributed by atoms with Crippen molar-refractivity contribution >= 4 is 11.5 Å². The number of rotatable bonds is 6. The van der Waals surface area contributed by atoms with Crippen LogP contribution in [0, 0.1) is 21.8 Å². The smallest absolute Gasteiger partial charge is 0.313 e. The van der Waals surface area contributed by atoms with Gasteiger partial charge in [0.2, 0.25) is 0 Å². The molecule has 0 aromatic heterocycles. The molecule has 18 heavy (non-hydrogen) atoms. The molecule has 0 aliphatic rings. The molecule has 98 valence electrons. The molecule has 0 radical (unpaired) electrons. The molecule has 0 saturated heterocycles. The van der Waals surface area contributed by atoms with Crippen LogP contribution in [0.5, 0.6) is 5.75 Å². The molecular formula is C12H14FNO4. The van der Waals surface area contributed by atoms with Gasteiger partial charge in [-0.2, -0.15) is 0 Å². The second kappa shape index (κ2) is 6.09. The zero-order valence-electron chi connectivity index (χ0n) is 10.2. The molecule has 0 saturated carbocycles. The molecule has 1 aromatic rings. The Hall–Kier alpha value is -1.98. The number of ketones is 1. The predicted octanol–water partition coefficient (Wildman–Crippen LogP) is 2.73. The molecule has 0 spiro atoms. The minimum Gasteiger partial charge on any atom is -0.479 e. The quantitative estimate of drug-likeness (QED) is 0.579. The maximum Gasteiger partial charge on any atom is 0.313 e. The van der Waals surface area contributed by atoms with Crippen LogP contribution in [0.1, 0.15) is 20.3 Å². The van der Waals surface area contributed by atoms with E-state index < -0.39 is 16.4 Å². The number of nitrogens with zero attached hydrogens (tertiary/aromatic N) is 1. The van der Waals surface area contributed by atoms with E-state index in [9.17, 15) is 19.3 Å². The number of halogens is 1. The average Bonchev–Trinajstić information content (AvgIpc) is 2.35. The van der Waals surface area contributed by atoms with Gasteiger partial charge in [-0.1, -0.05) is 13.8 Å². The van der Waals surface area contributed by atoms with Crippen LogP contribution in [0.25, 0.3) is 0 Å². The van der Waals surface area contributed by atoms with Gasteiger partial charge in [-0.05, 0) is 18.6 Å². The number of hydrogen-bond acceptors (Lipinski definition) is 4. The SMILES string of the molecule is CCC(C)C(=O)COc1ccc(F)cc1[N+](=O)[O-]. The molecule has 5 nitrogen and oxygen atoms in total. The van der Waals surface area contributed by atoms with Crippen LogP contribution < -0.4 is 4.74 Å². The zero-order chi connectivity index (χ0) is 13.7. The lowest BCUT2D eigenvalue weighted by molar-refractivity contribution is -0.386. The number of benzene rings is 1. The first-order chi connectivity index (χ1) is 8.45. The fraction of sp³-hybridized carbons (Fsp3) is 0.417. The van der Waals surface area contributed by atoms with Crippen molar-refractivity contribution in [3.05, 3.63) is 34.1 Å². The van der Waals surface area contributed by atoms with Crippen LogP contribution in [0.15, 0.2) is 18.2 Å². The monoisotopic (exact) mass is 255 g/mol. The molecule has 0 aliphatic carbocycles. The minimum absolute atomic E-state index is 0.0990. The standard InChI is InChI=1S/C12H14FNO4/c1-3-8(2)11(15)7-18-12-5-4-9(13)6-10(12)14(16)17/h4-6,8H,3,7H2,1-2H3. The molecular weight excluding hydrogens is 241 g/mol. The van der Waals surface area contributed by atoms with Crippen LogP contribution >= 0.6 is 0 Å². The van der Waals surface area contributed by atoms with Gasteiger partial charge >= 0.3 is 5.69 Å². The van der Waals surface area contributed by atoms with E-state index in [1.807, 2.05) is 6.92 Å². The second-order valence-corrected chi connectivity index (χ2v) is 3.93. The minimum atomic E-state index is -0.744. The van der Waals surface area contributed by atoms with Crippen molar-refractivity contribution in [2.24, 2.45) is 5.92 Å². The van der Waals surface area contributed by atoms with Gasteiger partial charge < -0.3 is 4.74 Å². The van der Waals surface area contributed by atoms with E-state index in [2.05, 4.69) is 0 Å². The lowest BCUT2D eigenvalue weighted by Gasteiger charge is -2.09. The summed E-state index contributed by atoms with van der Waals surface area (Å²) in [6.07, 6.45) is 0.674. The summed E-state index contributed by atoms with van der Waals surface area (Å²) in [5.74, 6) is -1.12. The maximum absolute atomic E-state index is 12.9. The van der Waals surface area contributed by atoms with Gasteiger partial charge in [-0.25, -0.2) is 4.39 Å². The second-order valence-electron chi connectivity index (χ2n) is 3.93. The van der Waals surface area contributed by atoms with E-state index in [-0.39, 0.29) is 24.1 Å². The number of carbonyl (C=O) groups excluding carboxylic acids is 1. The fourth-order valence-corrected chi connectivity index (χ4v) is 1.27. The van der Waals surface area contributed by atoms with Gasteiger partial charge in [0.15, 0.2) is 11.5 Å². The van der Waals surface area contributed by atoms with E-state index in [1.165, 1.54) is 0 Å². The Morgan fingerprint density at radius 3 is 2.78 bits per heavy atom. The van der Waals surface area contributed by atoms with Gasteiger partial charge in [0.05, 0.1) is 11.0 Å². The lowest BCUT2D eigenvalue weighted by Crippen LogP contribution is -2.19. The molecule has 1 aromatic carbocycles. The summed E-state index contributed by atoms with van der Waals surface area (Å²) in [5, 5.41) is 10.7. The Bertz CT molecular complexity index is 461. The normalized spacial score (nSPS) is 11.9. The van der Waals surface area contributed by atoms with E-state index in [0.717, 1.165) is 18.2 Å². The predicted molar refractivity (Wildman–Crippen MR) is 63.0 cm³/mol. The summed E-state index contributed by atoms with van der Waals surface area (Å²) in [6.45, 7) is 3.37. The van der Waals surface area contributed by atoms with Gasteiger partial charge in [0.25, 0.3) is 0 Å². The molecule has 0 fully saturated rings. The molecule has 0 aliphatic heterocycles. The maximum atomic E-state index is 12.9. The highest BCUT2D eigenvalue weighted by Gasteiger charge is 2.18. The third kappa shape index (κ3) is 3.51. The molecule has 0 bridgehead atoms. The highest BCUT2D eigenvalue weighted by Crippen LogP contribution is 2.27. The zero-order valence-corrected chi connectivity index (χ0v) is 10.2. The Kier molecular flexibility index (Phi) is 4.76. The van der Waals surface area contributed by atoms with Crippen molar-refractivity contribution < 1.29 is 18.8 Å². The third-order valence-electron chi connectivity index (χ3n) is 2.65. The summed E-state index contributed by atoms with van der Waals surface area (Å²) in [4.78, 5) is 21.5. The summed E-state index contributed by atoms with van der Waals surface area (Å²) < 4.78 is 17.9. The van der Waals surface area contributed by atoms with E-state index in [4.69, 9.17) is 4.74 Å². The molecule has 0 heterocycles. The Labute approximate surface area is 104 Å². The van der Waals surface area contributed by atoms with Crippen LogP contribution in [0.4, 0.5) is 10.1 Å². The van der Waals surface area contributed by atoms with Gasteiger partial charge in [0.1, 0.15) is 12.4 Å². The number of nitro groups is 1. The number of hydrogen-bond donors (Lipinski definition) is 0. The number of nitro benzene ring substituents is 1. The first-order valence-corrected chi connectivity index (χ1v) is 5.55. The molecule has 0 N–H and O–H groups in total. The molecule has 6 heteroatoms. The first-order valence-electron chi connectivity index (χ1n) is 5.55. The van der Waals surface area contributed by atoms with Crippen molar-refractivity contribution in [1.82, 2.24) is 0 Å². The molecule has 1 rings (SSSR count). The van der Waals surface area contributed by atoms with E-state index in [0.29, 0.717) is 6.42 Å². The Morgan fingerprint density at radius 2 is 2.22 bits per heavy atom. The highest BCUT2D eigenvalue weighted by molar-refractivity contribution is 5.82. The van der Waals surface area contributed by atoms with E-state index >= 15 is 0 Å². The fourth-order valence-electron chi connectivity index (χ4n) is 1.27. The van der Waals surface area contributed by atoms with Crippen molar-refractivity contribution in [2.45, 2.75) is 20.3 Å². The summed E-state index contributed by atoms with van der Waals surface area (Å²) in [5.41, 5.74) is -0.480.